The molecular weight excluding hydrogens is 789 g/mol. The maximum atomic E-state index is 2.52. The van der Waals surface area contributed by atoms with Crippen LogP contribution in [0, 0.1) is 0 Å². The summed E-state index contributed by atoms with van der Waals surface area (Å²) in [5, 5.41) is 7.90. The smallest absolute Gasteiger partial charge is 0.109 e. The highest BCUT2D eigenvalue weighted by molar-refractivity contribution is 7.26. The average Bonchev–Trinajstić information content (AvgIpc) is 4.11. The van der Waals surface area contributed by atoms with Crippen molar-refractivity contribution >= 4 is 85.1 Å². The number of aromatic nitrogens is 2. The third-order valence-corrected chi connectivity index (χ3v) is 16.9. The van der Waals surface area contributed by atoms with Gasteiger partial charge in [0.05, 0.1) is 11.0 Å². The summed E-state index contributed by atoms with van der Waals surface area (Å²) < 4.78 is 7.68. The summed E-state index contributed by atoms with van der Waals surface area (Å²) in [7, 11) is 0. The molecule has 2 aliphatic carbocycles. The summed E-state index contributed by atoms with van der Waals surface area (Å²) in [6.07, 6.45) is 0. The number of hydrogen-bond acceptors (Lipinski definition) is 2. The lowest BCUT2D eigenvalue weighted by Gasteiger charge is -2.21. The standard InChI is InChI=1S/C58H40N2S2/c1-57(2)45-17-9-5-13-37(45)41-31-35(23-25-47(41)57)59-49-27-21-33(29-43(49)53-39-15-7-11-19-51(39)61-55(53)59)34-22-28-50-44(30-34)54-40-16-8-12-20-52(40)62-56(54)60(50)36-24-26-48-42(32-36)38-14-6-10-18-46(38)58(48,3)4/h5-32H,1-4H3. The first kappa shape index (κ1) is 34.9. The molecule has 0 amide bonds. The van der Waals surface area contributed by atoms with Gasteiger partial charge in [-0.25, -0.2) is 0 Å². The maximum Gasteiger partial charge on any atom is 0.109 e. The molecule has 0 fully saturated rings. The lowest BCUT2D eigenvalue weighted by molar-refractivity contribution is 0.660. The largest absolute Gasteiger partial charge is 0.301 e. The van der Waals surface area contributed by atoms with Crippen LogP contribution in [0.1, 0.15) is 49.9 Å². The molecule has 0 spiro atoms. The fourth-order valence-corrected chi connectivity index (χ4v) is 14.1. The van der Waals surface area contributed by atoms with E-state index in [2.05, 4.69) is 207 Å². The Bertz CT molecular complexity index is 3680. The van der Waals surface area contributed by atoms with Gasteiger partial charge in [0.15, 0.2) is 0 Å². The minimum absolute atomic E-state index is 0.0292. The Labute approximate surface area is 367 Å². The monoisotopic (exact) mass is 828 g/mol. The molecule has 0 atom stereocenters. The van der Waals surface area contributed by atoms with E-state index in [1.807, 2.05) is 22.7 Å². The molecule has 0 aliphatic heterocycles. The van der Waals surface area contributed by atoms with Gasteiger partial charge in [-0.1, -0.05) is 137 Å². The van der Waals surface area contributed by atoms with Crippen molar-refractivity contribution in [1.29, 1.82) is 0 Å². The van der Waals surface area contributed by atoms with Crippen LogP contribution in [-0.2, 0) is 10.8 Å². The van der Waals surface area contributed by atoms with Gasteiger partial charge in [0.1, 0.15) is 9.66 Å². The van der Waals surface area contributed by atoms with E-state index in [1.165, 1.54) is 129 Å². The molecular formula is C58H40N2S2. The number of thiophene rings is 2. The van der Waals surface area contributed by atoms with Crippen LogP contribution in [-0.4, -0.2) is 9.13 Å². The minimum atomic E-state index is -0.0292. The van der Waals surface area contributed by atoms with Crippen LogP contribution in [0.15, 0.2) is 170 Å². The second-order valence-electron chi connectivity index (χ2n) is 18.5. The summed E-state index contributed by atoms with van der Waals surface area (Å²) in [6.45, 7) is 9.44. The molecule has 0 saturated heterocycles. The maximum absolute atomic E-state index is 2.52. The Hall–Kier alpha value is -6.72. The highest BCUT2D eigenvalue weighted by atomic mass is 32.1. The minimum Gasteiger partial charge on any atom is -0.301 e. The quantitative estimate of drug-likeness (QED) is 0.168. The van der Waals surface area contributed by atoms with E-state index in [1.54, 1.807) is 0 Å². The van der Waals surface area contributed by atoms with Gasteiger partial charge in [-0.05, 0) is 116 Å². The van der Waals surface area contributed by atoms with Gasteiger partial charge in [-0.15, -0.1) is 22.7 Å². The number of benzene rings is 8. The first-order valence-corrected chi connectivity index (χ1v) is 23.3. The van der Waals surface area contributed by atoms with Crippen LogP contribution >= 0.6 is 22.7 Å². The van der Waals surface area contributed by atoms with Crippen LogP contribution in [0.3, 0.4) is 0 Å². The van der Waals surface area contributed by atoms with Crippen LogP contribution in [0.5, 0.6) is 0 Å². The lowest BCUT2D eigenvalue weighted by atomic mass is 9.82. The van der Waals surface area contributed by atoms with Crippen LogP contribution in [0.2, 0.25) is 0 Å². The molecule has 0 bridgehead atoms. The molecule has 0 N–H and O–H groups in total. The predicted octanol–water partition coefficient (Wildman–Crippen LogP) is 16.6. The van der Waals surface area contributed by atoms with Crippen molar-refractivity contribution in [3.63, 3.8) is 0 Å². The predicted molar refractivity (Wildman–Crippen MR) is 266 cm³/mol. The molecule has 4 aromatic heterocycles. The summed E-state index contributed by atoms with van der Waals surface area (Å²) in [5.41, 5.74) is 18.3. The molecule has 0 radical (unpaired) electrons. The molecule has 294 valence electrons. The van der Waals surface area contributed by atoms with Crippen molar-refractivity contribution in [2.45, 2.75) is 38.5 Å². The second kappa shape index (κ2) is 12.0. The second-order valence-corrected chi connectivity index (χ2v) is 20.6. The Morgan fingerprint density at radius 1 is 0.355 bits per heavy atom. The van der Waals surface area contributed by atoms with Crippen molar-refractivity contribution < 1.29 is 0 Å². The molecule has 2 nitrogen and oxygen atoms in total. The molecule has 0 saturated carbocycles. The molecule has 8 aromatic carbocycles. The van der Waals surface area contributed by atoms with Gasteiger partial charge in [-0.3, -0.25) is 0 Å². The number of hydrogen-bond donors (Lipinski definition) is 0. The van der Waals surface area contributed by atoms with E-state index in [9.17, 15) is 0 Å². The van der Waals surface area contributed by atoms with Crippen molar-refractivity contribution in [2.75, 3.05) is 0 Å². The summed E-state index contributed by atoms with van der Waals surface area (Å²) in [4.78, 5) is 2.59. The van der Waals surface area contributed by atoms with Gasteiger partial charge in [-0.2, -0.15) is 0 Å². The fraction of sp³-hybridized carbons (Fsp3) is 0.103. The third kappa shape index (κ3) is 4.43. The van der Waals surface area contributed by atoms with E-state index in [4.69, 9.17) is 0 Å². The Morgan fingerprint density at radius 2 is 0.758 bits per heavy atom. The Kier molecular flexibility index (Phi) is 6.77. The molecule has 14 rings (SSSR count). The summed E-state index contributed by atoms with van der Waals surface area (Å²) >= 11 is 3.80. The van der Waals surface area contributed by atoms with Gasteiger partial charge >= 0.3 is 0 Å². The summed E-state index contributed by atoms with van der Waals surface area (Å²) in [6, 6.07) is 64.4. The number of nitrogens with zero attached hydrogens (tertiary/aromatic N) is 2. The van der Waals surface area contributed by atoms with Crippen LogP contribution in [0.4, 0.5) is 0 Å². The Morgan fingerprint density at radius 3 is 1.23 bits per heavy atom. The Balaban J connectivity index is 0.978. The number of fused-ring (bicyclic) bond motifs is 16. The van der Waals surface area contributed by atoms with Crippen molar-refractivity contribution in [2.24, 2.45) is 0 Å². The first-order valence-electron chi connectivity index (χ1n) is 21.7. The molecule has 4 heterocycles. The molecule has 2 aliphatic rings. The summed E-state index contributed by atoms with van der Waals surface area (Å²) in [5.74, 6) is 0. The normalized spacial score (nSPS) is 14.7. The molecule has 0 unspecified atom stereocenters. The van der Waals surface area contributed by atoms with Gasteiger partial charge in [0, 0.05) is 63.9 Å². The highest BCUT2D eigenvalue weighted by Crippen LogP contribution is 2.52. The zero-order chi connectivity index (χ0) is 41.2. The van der Waals surface area contributed by atoms with Crippen LogP contribution < -0.4 is 0 Å². The van der Waals surface area contributed by atoms with E-state index >= 15 is 0 Å². The first-order chi connectivity index (χ1) is 30.3. The third-order valence-electron chi connectivity index (χ3n) is 14.6. The van der Waals surface area contributed by atoms with E-state index in [-0.39, 0.29) is 10.8 Å². The van der Waals surface area contributed by atoms with Gasteiger partial charge in [0.25, 0.3) is 0 Å². The van der Waals surface area contributed by atoms with E-state index in [0.717, 1.165) is 0 Å². The lowest BCUT2D eigenvalue weighted by Crippen LogP contribution is -2.14. The molecule has 12 aromatic rings. The van der Waals surface area contributed by atoms with E-state index in [0.29, 0.717) is 0 Å². The van der Waals surface area contributed by atoms with Gasteiger partial charge in [0.2, 0.25) is 0 Å². The topological polar surface area (TPSA) is 9.86 Å². The SMILES string of the molecule is CC1(C)c2ccccc2-c2cc(-n3c4ccc(-c5ccc6c(c5)c5c7ccccc7sc5n6-c5ccc6c(c5)-c5ccccc5C6(C)C)cc4c4c5ccccc5sc43)ccc21. The zero-order valence-corrected chi connectivity index (χ0v) is 36.5. The average molecular weight is 829 g/mol. The van der Waals surface area contributed by atoms with Gasteiger partial charge < -0.3 is 9.13 Å². The number of rotatable bonds is 3. The van der Waals surface area contributed by atoms with Crippen LogP contribution in [0.25, 0.3) is 107 Å². The zero-order valence-electron chi connectivity index (χ0n) is 34.9. The van der Waals surface area contributed by atoms with Crippen molar-refractivity contribution in [3.05, 3.63) is 192 Å². The molecule has 4 heteroatoms. The van der Waals surface area contributed by atoms with Crippen molar-refractivity contribution in [1.82, 2.24) is 9.13 Å². The molecule has 62 heavy (non-hydrogen) atoms. The fourth-order valence-electron chi connectivity index (χ4n) is 11.5. The highest BCUT2D eigenvalue weighted by Gasteiger charge is 2.37. The van der Waals surface area contributed by atoms with E-state index < -0.39 is 0 Å². The van der Waals surface area contributed by atoms with Crippen molar-refractivity contribution in [3.8, 4) is 44.8 Å².